The molecule has 0 saturated heterocycles. The monoisotopic (exact) mass is 375 g/mol. The molecule has 6 nitrogen and oxygen atoms in total. The van der Waals surface area contributed by atoms with Crippen molar-refractivity contribution >= 4 is 22.7 Å². The van der Waals surface area contributed by atoms with Crippen LogP contribution in [0.2, 0.25) is 0 Å². The van der Waals surface area contributed by atoms with Crippen LogP contribution in [0.25, 0.3) is 22.4 Å². The standard InChI is InChI=1S/C22H21N3O3/c1-13-4-5-16(10-14(13)2)20-12-23-22(28-20)9-8-21(26)25-17-6-7-19-18(11-17)24-15(3)27-19/h4-7,10-12H,8-9H2,1-3H3,(H,25,26). The van der Waals surface area contributed by atoms with E-state index in [0.29, 0.717) is 35.2 Å². The Bertz CT molecular complexity index is 1160. The van der Waals surface area contributed by atoms with Gasteiger partial charge in [-0.3, -0.25) is 4.79 Å². The third kappa shape index (κ3) is 3.81. The van der Waals surface area contributed by atoms with Crippen molar-refractivity contribution < 1.29 is 13.6 Å². The molecule has 4 rings (SSSR count). The predicted octanol–water partition coefficient (Wildman–Crippen LogP) is 4.98. The number of carbonyl (C=O) groups excluding carboxylic acids is 1. The van der Waals surface area contributed by atoms with E-state index in [4.69, 9.17) is 8.83 Å². The molecular formula is C22H21N3O3. The number of amides is 1. The summed E-state index contributed by atoms with van der Waals surface area (Å²) in [5.41, 5.74) is 5.54. The number of nitrogens with zero attached hydrogens (tertiary/aromatic N) is 2. The summed E-state index contributed by atoms with van der Waals surface area (Å²) >= 11 is 0. The van der Waals surface area contributed by atoms with E-state index in [9.17, 15) is 4.79 Å². The predicted molar refractivity (Wildman–Crippen MR) is 107 cm³/mol. The van der Waals surface area contributed by atoms with Gasteiger partial charge in [0.1, 0.15) is 5.52 Å². The molecule has 2 aromatic carbocycles. The Morgan fingerprint density at radius 2 is 1.89 bits per heavy atom. The van der Waals surface area contributed by atoms with Crippen LogP contribution < -0.4 is 5.32 Å². The number of hydrogen-bond acceptors (Lipinski definition) is 5. The summed E-state index contributed by atoms with van der Waals surface area (Å²) in [6.07, 6.45) is 2.42. The van der Waals surface area contributed by atoms with Crippen molar-refractivity contribution in [3.63, 3.8) is 0 Å². The lowest BCUT2D eigenvalue weighted by Gasteiger charge is -2.04. The zero-order valence-corrected chi connectivity index (χ0v) is 16.1. The van der Waals surface area contributed by atoms with Crippen molar-refractivity contribution in [2.45, 2.75) is 33.6 Å². The maximum Gasteiger partial charge on any atom is 0.224 e. The van der Waals surface area contributed by atoms with E-state index < -0.39 is 0 Å². The molecule has 0 unspecified atom stereocenters. The van der Waals surface area contributed by atoms with Gasteiger partial charge in [-0.2, -0.15) is 0 Å². The minimum Gasteiger partial charge on any atom is -0.441 e. The van der Waals surface area contributed by atoms with E-state index in [1.165, 1.54) is 11.1 Å². The van der Waals surface area contributed by atoms with E-state index in [1.54, 1.807) is 31.3 Å². The topological polar surface area (TPSA) is 81.2 Å². The molecule has 6 heteroatoms. The summed E-state index contributed by atoms with van der Waals surface area (Å²) in [6.45, 7) is 5.93. The Morgan fingerprint density at radius 3 is 2.71 bits per heavy atom. The Balaban J connectivity index is 1.37. The molecule has 2 heterocycles. The van der Waals surface area contributed by atoms with Gasteiger partial charge in [-0.15, -0.1) is 0 Å². The van der Waals surface area contributed by atoms with Gasteiger partial charge in [-0.05, 0) is 49.2 Å². The lowest BCUT2D eigenvalue weighted by molar-refractivity contribution is -0.116. The maximum absolute atomic E-state index is 12.3. The number of oxazole rings is 2. The maximum atomic E-state index is 12.3. The molecule has 0 fully saturated rings. The van der Waals surface area contributed by atoms with E-state index in [2.05, 4.69) is 41.3 Å². The van der Waals surface area contributed by atoms with Crippen LogP contribution in [0.4, 0.5) is 5.69 Å². The summed E-state index contributed by atoms with van der Waals surface area (Å²) in [6, 6.07) is 11.6. The average Bonchev–Trinajstić information content (AvgIpc) is 3.27. The van der Waals surface area contributed by atoms with Gasteiger partial charge in [0, 0.05) is 31.0 Å². The summed E-state index contributed by atoms with van der Waals surface area (Å²) in [5.74, 6) is 1.75. The van der Waals surface area contributed by atoms with Gasteiger partial charge in [-0.1, -0.05) is 12.1 Å². The smallest absolute Gasteiger partial charge is 0.224 e. The highest BCUT2D eigenvalue weighted by atomic mass is 16.4. The molecule has 4 aromatic rings. The molecule has 0 radical (unpaired) electrons. The Labute approximate surface area is 162 Å². The largest absolute Gasteiger partial charge is 0.441 e. The number of anilines is 1. The first kappa shape index (κ1) is 18.0. The van der Waals surface area contributed by atoms with Gasteiger partial charge >= 0.3 is 0 Å². The fourth-order valence-electron chi connectivity index (χ4n) is 3.02. The van der Waals surface area contributed by atoms with Crippen LogP contribution in [0.3, 0.4) is 0 Å². The van der Waals surface area contributed by atoms with Crippen molar-refractivity contribution in [1.29, 1.82) is 0 Å². The van der Waals surface area contributed by atoms with Crippen molar-refractivity contribution in [2.75, 3.05) is 5.32 Å². The highest BCUT2D eigenvalue weighted by molar-refractivity contribution is 5.92. The molecular weight excluding hydrogens is 354 g/mol. The molecule has 28 heavy (non-hydrogen) atoms. The lowest BCUT2D eigenvalue weighted by Crippen LogP contribution is -2.12. The van der Waals surface area contributed by atoms with Gasteiger partial charge in [0.15, 0.2) is 23.1 Å². The molecule has 0 atom stereocenters. The number of aryl methyl sites for hydroxylation is 4. The highest BCUT2D eigenvalue weighted by Crippen LogP contribution is 2.24. The van der Waals surface area contributed by atoms with Gasteiger partial charge < -0.3 is 14.2 Å². The fourth-order valence-corrected chi connectivity index (χ4v) is 3.02. The molecule has 0 saturated carbocycles. The van der Waals surface area contributed by atoms with Crippen molar-refractivity contribution in [1.82, 2.24) is 9.97 Å². The van der Waals surface area contributed by atoms with Crippen LogP contribution in [-0.4, -0.2) is 15.9 Å². The average molecular weight is 375 g/mol. The summed E-state index contributed by atoms with van der Waals surface area (Å²) in [7, 11) is 0. The quantitative estimate of drug-likeness (QED) is 0.532. The molecule has 0 aliphatic carbocycles. The normalized spacial score (nSPS) is 11.1. The number of aromatic nitrogens is 2. The molecule has 0 aliphatic rings. The van der Waals surface area contributed by atoms with Gasteiger partial charge in [0.05, 0.1) is 6.20 Å². The minimum absolute atomic E-state index is 0.106. The lowest BCUT2D eigenvalue weighted by atomic mass is 10.1. The van der Waals surface area contributed by atoms with E-state index in [1.807, 2.05) is 6.07 Å². The van der Waals surface area contributed by atoms with Gasteiger partial charge in [0.25, 0.3) is 0 Å². The minimum atomic E-state index is -0.106. The SMILES string of the molecule is Cc1nc2cc(NC(=O)CCc3ncc(-c4ccc(C)c(C)c4)o3)ccc2o1. The second-order valence-electron chi connectivity index (χ2n) is 6.88. The third-order valence-corrected chi connectivity index (χ3v) is 4.69. The highest BCUT2D eigenvalue weighted by Gasteiger charge is 2.11. The second kappa shape index (κ2) is 7.31. The van der Waals surface area contributed by atoms with Crippen molar-refractivity contribution in [3.05, 3.63) is 65.5 Å². The zero-order valence-electron chi connectivity index (χ0n) is 16.1. The van der Waals surface area contributed by atoms with Crippen LogP contribution in [-0.2, 0) is 11.2 Å². The number of hydrogen-bond donors (Lipinski definition) is 1. The van der Waals surface area contributed by atoms with E-state index in [-0.39, 0.29) is 12.3 Å². The Kier molecular flexibility index (Phi) is 4.69. The summed E-state index contributed by atoms with van der Waals surface area (Å²) < 4.78 is 11.3. The number of benzene rings is 2. The second-order valence-corrected chi connectivity index (χ2v) is 6.88. The van der Waals surface area contributed by atoms with Gasteiger partial charge in [0.2, 0.25) is 5.91 Å². The first-order valence-corrected chi connectivity index (χ1v) is 9.17. The number of carbonyl (C=O) groups is 1. The Morgan fingerprint density at radius 1 is 1.04 bits per heavy atom. The molecule has 1 amide bonds. The van der Waals surface area contributed by atoms with Crippen molar-refractivity contribution in [3.8, 4) is 11.3 Å². The summed E-state index contributed by atoms with van der Waals surface area (Å²) in [5, 5.41) is 2.88. The first-order chi connectivity index (χ1) is 13.5. The fraction of sp³-hybridized carbons (Fsp3) is 0.227. The molecule has 2 aromatic heterocycles. The first-order valence-electron chi connectivity index (χ1n) is 9.17. The molecule has 142 valence electrons. The van der Waals surface area contributed by atoms with E-state index >= 15 is 0 Å². The van der Waals surface area contributed by atoms with Crippen LogP contribution in [0, 0.1) is 20.8 Å². The molecule has 0 bridgehead atoms. The third-order valence-electron chi connectivity index (χ3n) is 4.69. The number of nitrogens with one attached hydrogen (secondary N) is 1. The van der Waals surface area contributed by atoms with Crippen LogP contribution in [0.15, 0.2) is 51.4 Å². The van der Waals surface area contributed by atoms with E-state index in [0.717, 1.165) is 11.1 Å². The summed E-state index contributed by atoms with van der Waals surface area (Å²) in [4.78, 5) is 20.8. The van der Waals surface area contributed by atoms with Crippen LogP contribution in [0.5, 0.6) is 0 Å². The molecule has 0 aliphatic heterocycles. The van der Waals surface area contributed by atoms with Crippen molar-refractivity contribution in [2.24, 2.45) is 0 Å². The molecule has 1 N–H and O–H groups in total. The van der Waals surface area contributed by atoms with Crippen LogP contribution in [0.1, 0.15) is 29.3 Å². The van der Waals surface area contributed by atoms with Crippen LogP contribution >= 0.6 is 0 Å². The molecule has 0 spiro atoms. The number of rotatable bonds is 5. The zero-order chi connectivity index (χ0) is 19.7. The van der Waals surface area contributed by atoms with Gasteiger partial charge in [-0.25, -0.2) is 9.97 Å². The Hall–Kier alpha value is -3.41. The number of fused-ring (bicyclic) bond motifs is 1.